The molecule has 1 N–H and O–H groups in total. The summed E-state index contributed by atoms with van der Waals surface area (Å²) < 4.78 is 5.14. The Bertz CT molecular complexity index is 54.9. The first kappa shape index (κ1) is 6.05. The maximum Gasteiger partial charge on any atom is 0.0774 e. The second kappa shape index (κ2) is 2.46. The number of hydrogen-bond donors (Lipinski definition) is 1. The van der Waals surface area contributed by atoms with Gasteiger partial charge in [-0.25, -0.2) is 0 Å². The van der Waals surface area contributed by atoms with Crippen LogP contribution in [0, 0.1) is 0 Å². The molecule has 1 fully saturated rings. The highest BCUT2D eigenvalue weighted by Gasteiger charge is 2.14. The fraction of sp³-hybridized carbons (Fsp3) is 1.00. The van der Waals surface area contributed by atoms with Crippen molar-refractivity contribution >= 4 is 0 Å². The van der Waals surface area contributed by atoms with Gasteiger partial charge in [-0.2, -0.15) is 0 Å². The molecule has 1 aliphatic heterocycles. The molecule has 0 aromatic rings. The van der Waals surface area contributed by atoms with Gasteiger partial charge in [0.05, 0.1) is 18.8 Å². The van der Waals surface area contributed by atoms with Crippen LogP contribution in [-0.4, -0.2) is 23.9 Å². The molecule has 2 atom stereocenters. The topological polar surface area (TPSA) is 29.5 Å². The molecule has 1 saturated heterocycles. The Morgan fingerprint density at radius 3 is 2.62 bits per heavy atom. The van der Waals surface area contributed by atoms with Gasteiger partial charge in [-0.1, -0.05) is 0 Å². The Morgan fingerprint density at radius 2 is 2.25 bits per heavy atom. The highest BCUT2D eigenvalue weighted by molar-refractivity contribution is 4.64. The molecular weight excluding hydrogens is 104 g/mol. The van der Waals surface area contributed by atoms with Crippen LogP contribution in [0.4, 0.5) is 0 Å². The third-order valence-corrected chi connectivity index (χ3v) is 1.48. The lowest BCUT2D eigenvalue weighted by molar-refractivity contribution is -0.0472. The van der Waals surface area contributed by atoms with Crippen molar-refractivity contribution in [2.24, 2.45) is 0 Å². The molecule has 1 rings (SSSR count). The molecular formula is C6H12O2. The van der Waals surface area contributed by atoms with Crippen molar-refractivity contribution in [3.05, 3.63) is 0 Å². The van der Waals surface area contributed by atoms with E-state index < -0.39 is 0 Å². The van der Waals surface area contributed by atoms with Gasteiger partial charge < -0.3 is 9.84 Å². The van der Waals surface area contributed by atoms with Crippen LogP contribution >= 0.6 is 0 Å². The normalized spacial score (nSPS) is 39.8. The van der Waals surface area contributed by atoms with Gasteiger partial charge in [0.25, 0.3) is 0 Å². The number of ether oxygens (including phenoxy) is 1. The Balaban J connectivity index is 2.19. The zero-order valence-corrected chi connectivity index (χ0v) is 5.13. The predicted molar refractivity (Wildman–Crippen MR) is 30.7 cm³/mol. The number of hydrogen-bond acceptors (Lipinski definition) is 2. The second-order valence-corrected chi connectivity index (χ2v) is 2.38. The molecule has 0 amide bonds. The molecule has 48 valence electrons. The van der Waals surface area contributed by atoms with Crippen LogP contribution in [0.3, 0.4) is 0 Å². The Morgan fingerprint density at radius 1 is 1.50 bits per heavy atom. The molecule has 2 nitrogen and oxygen atoms in total. The average molecular weight is 116 g/mol. The molecule has 0 bridgehead atoms. The molecule has 0 spiro atoms. The largest absolute Gasteiger partial charge is 0.391 e. The van der Waals surface area contributed by atoms with Gasteiger partial charge in [0.2, 0.25) is 0 Å². The van der Waals surface area contributed by atoms with E-state index in [-0.39, 0.29) is 6.10 Å². The van der Waals surface area contributed by atoms with Crippen molar-refractivity contribution in [2.75, 3.05) is 6.61 Å². The first-order valence-corrected chi connectivity index (χ1v) is 3.08. The van der Waals surface area contributed by atoms with Gasteiger partial charge in [0.1, 0.15) is 0 Å². The molecule has 0 saturated carbocycles. The number of aliphatic hydroxyl groups is 1. The third kappa shape index (κ3) is 1.46. The summed E-state index contributed by atoms with van der Waals surface area (Å²) in [6.45, 7) is 2.56. The molecule has 1 aliphatic rings. The maximum absolute atomic E-state index is 8.90. The smallest absolute Gasteiger partial charge is 0.0774 e. The average Bonchev–Trinajstić information content (AvgIpc) is 1.77. The van der Waals surface area contributed by atoms with Crippen molar-refractivity contribution < 1.29 is 9.84 Å². The summed E-state index contributed by atoms with van der Waals surface area (Å²) in [5, 5.41) is 8.90. The van der Waals surface area contributed by atoms with Crippen molar-refractivity contribution in [3.8, 4) is 0 Å². The van der Waals surface area contributed by atoms with Gasteiger partial charge in [0, 0.05) is 0 Å². The molecule has 0 aromatic heterocycles. The molecule has 0 unspecified atom stereocenters. The molecule has 0 aliphatic carbocycles. The fourth-order valence-corrected chi connectivity index (χ4v) is 0.869. The monoisotopic (exact) mass is 116 g/mol. The fourth-order valence-electron chi connectivity index (χ4n) is 0.869. The van der Waals surface area contributed by atoms with Gasteiger partial charge in [-0.15, -0.1) is 0 Å². The van der Waals surface area contributed by atoms with E-state index in [2.05, 4.69) is 0 Å². The van der Waals surface area contributed by atoms with E-state index in [4.69, 9.17) is 9.84 Å². The van der Waals surface area contributed by atoms with Crippen LogP contribution in [0.1, 0.15) is 19.8 Å². The van der Waals surface area contributed by atoms with Crippen molar-refractivity contribution in [1.82, 2.24) is 0 Å². The predicted octanol–water partition coefficient (Wildman–Crippen LogP) is 0.546. The summed E-state index contributed by atoms with van der Waals surface area (Å²) in [6.07, 6.45) is 2.06. The van der Waals surface area contributed by atoms with Crippen LogP contribution in [0.25, 0.3) is 0 Å². The summed E-state index contributed by atoms with van der Waals surface area (Å²) in [5.41, 5.74) is 0. The summed E-state index contributed by atoms with van der Waals surface area (Å²) in [6, 6.07) is 0. The van der Waals surface area contributed by atoms with Gasteiger partial charge in [0.15, 0.2) is 0 Å². The van der Waals surface area contributed by atoms with Gasteiger partial charge in [-0.3, -0.25) is 0 Å². The molecule has 0 radical (unpaired) electrons. The highest BCUT2D eigenvalue weighted by atomic mass is 16.5. The van der Waals surface area contributed by atoms with Crippen LogP contribution in [0.2, 0.25) is 0 Å². The summed E-state index contributed by atoms with van der Waals surface area (Å²) in [7, 11) is 0. The summed E-state index contributed by atoms with van der Waals surface area (Å²) in [4.78, 5) is 0. The first-order valence-electron chi connectivity index (χ1n) is 3.08. The van der Waals surface area contributed by atoms with Crippen LogP contribution in [0.15, 0.2) is 0 Å². The van der Waals surface area contributed by atoms with E-state index >= 15 is 0 Å². The zero-order valence-electron chi connectivity index (χ0n) is 5.13. The molecule has 1 heterocycles. The summed E-state index contributed by atoms with van der Waals surface area (Å²) >= 11 is 0. The van der Waals surface area contributed by atoms with Gasteiger partial charge in [-0.05, 0) is 19.8 Å². The minimum absolute atomic E-state index is 0.203. The van der Waals surface area contributed by atoms with Gasteiger partial charge >= 0.3 is 0 Å². The van der Waals surface area contributed by atoms with Crippen molar-refractivity contribution in [1.29, 1.82) is 0 Å². The van der Waals surface area contributed by atoms with E-state index in [1.807, 2.05) is 6.92 Å². The summed E-state index contributed by atoms with van der Waals surface area (Å²) in [5.74, 6) is 0. The van der Waals surface area contributed by atoms with E-state index in [0.717, 1.165) is 12.8 Å². The van der Waals surface area contributed by atoms with Crippen molar-refractivity contribution in [3.63, 3.8) is 0 Å². The SMILES string of the molecule is C[C@@H]1CC[C@@H](O)CO1. The quantitative estimate of drug-likeness (QED) is 0.500. The highest BCUT2D eigenvalue weighted by Crippen LogP contribution is 2.11. The minimum Gasteiger partial charge on any atom is -0.391 e. The minimum atomic E-state index is -0.203. The molecule has 8 heavy (non-hydrogen) atoms. The van der Waals surface area contributed by atoms with E-state index in [1.165, 1.54) is 0 Å². The first-order chi connectivity index (χ1) is 3.79. The van der Waals surface area contributed by atoms with Crippen LogP contribution < -0.4 is 0 Å². The lowest BCUT2D eigenvalue weighted by atomic mass is 10.1. The number of aliphatic hydroxyl groups excluding tert-OH is 1. The Hall–Kier alpha value is -0.0800. The van der Waals surface area contributed by atoms with Crippen LogP contribution in [-0.2, 0) is 4.74 Å². The molecule has 0 aromatic carbocycles. The van der Waals surface area contributed by atoms with Crippen molar-refractivity contribution in [2.45, 2.75) is 32.0 Å². The molecule has 2 heteroatoms. The standard InChI is InChI=1S/C6H12O2/c1-5-2-3-6(7)4-8-5/h5-7H,2-4H2,1H3/t5-,6-/m1/s1. The zero-order chi connectivity index (χ0) is 5.98. The van der Waals surface area contributed by atoms with E-state index in [1.54, 1.807) is 0 Å². The maximum atomic E-state index is 8.90. The Labute approximate surface area is 49.5 Å². The lowest BCUT2D eigenvalue weighted by Gasteiger charge is -2.22. The van der Waals surface area contributed by atoms with E-state index in [0.29, 0.717) is 12.7 Å². The second-order valence-electron chi connectivity index (χ2n) is 2.38. The van der Waals surface area contributed by atoms with E-state index in [9.17, 15) is 0 Å². The number of rotatable bonds is 0. The van der Waals surface area contributed by atoms with Crippen LogP contribution in [0.5, 0.6) is 0 Å². The Kier molecular flexibility index (Phi) is 1.86. The lowest BCUT2D eigenvalue weighted by Crippen LogP contribution is -2.26. The third-order valence-electron chi connectivity index (χ3n) is 1.48.